The summed E-state index contributed by atoms with van der Waals surface area (Å²) >= 11 is 0. The van der Waals surface area contributed by atoms with Gasteiger partial charge in [-0.1, -0.05) is 61.8 Å². The van der Waals surface area contributed by atoms with Gasteiger partial charge in [-0.15, -0.1) is 6.58 Å². The second kappa shape index (κ2) is 16.3. The van der Waals surface area contributed by atoms with E-state index in [0.717, 1.165) is 51.4 Å². The SMILES string of the molecule is C=CC/C=C\C/C=C\CCCCCCCc1cccc(O)c1C(=O)O[C@@H]1O[C@H](CO)[C@H](O)[C@H](O)[C@H]1O. The van der Waals surface area contributed by atoms with Crippen molar-refractivity contribution in [3.63, 3.8) is 0 Å². The predicted molar refractivity (Wildman–Crippen MR) is 136 cm³/mol. The molecule has 0 aromatic heterocycles. The van der Waals surface area contributed by atoms with Crippen LogP contribution in [0.15, 0.2) is 55.2 Å². The molecule has 8 heteroatoms. The highest BCUT2D eigenvalue weighted by Crippen LogP contribution is 2.27. The monoisotopic (exact) mass is 504 g/mol. The van der Waals surface area contributed by atoms with Gasteiger partial charge in [0, 0.05) is 0 Å². The number of carbonyl (C=O) groups is 1. The van der Waals surface area contributed by atoms with Gasteiger partial charge in [0.1, 0.15) is 35.7 Å². The van der Waals surface area contributed by atoms with Gasteiger partial charge in [0.25, 0.3) is 0 Å². The molecule has 5 N–H and O–H groups in total. The summed E-state index contributed by atoms with van der Waals surface area (Å²) in [7, 11) is 0. The largest absolute Gasteiger partial charge is 0.507 e. The standard InChI is InChI=1S/C28H40O8/c1-2-3-4-5-6-7-8-9-10-11-12-13-14-16-20-17-15-18-21(30)23(20)27(34)36-28-26(33)25(32)24(31)22(19-29)35-28/h2,4-5,7-8,15,17-18,22,24-26,28-33H,1,3,6,9-14,16,19H2/b5-4-,8-7-/t22-,24+,25+,26-,28+/m1/s1. The minimum absolute atomic E-state index is 0.0262. The van der Waals surface area contributed by atoms with Crippen molar-refractivity contribution in [1.29, 1.82) is 0 Å². The first kappa shape index (κ1) is 29.7. The Hall–Kier alpha value is -2.49. The number of hydrogen-bond acceptors (Lipinski definition) is 8. The van der Waals surface area contributed by atoms with Gasteiger partial charge in [0.05, 0.1) is 6.61 Å². The summed E-state index contributed by atoms with van der Waals surface area (Å²) in [6.07, 6.45) is 11.3. The Morgan fingerprint density at radius 1 is 0.944 bits per heavy atom. The van der Waals surface area contributed by atoms with Crippen LogP contribution < -0.4 is 0 Å². The van der Waals surface area contributed by atoms with E-state index in [2.05, 4.69) is 30.9 Å². The third-order valence-electron chi connectivity index (χ3n) is 6.13. The number of esters is 1. The van der Waals surface area contributed by atoms with Crippen LogP contribution in [-0.4, -0.2) is 68.8 Å². The van der Waals surface area contributed by atoms with Crippen molar-refractivity contribution >= 4 is 5.97 Å². The van der Waals surface area contributed by atoms with Gasteiger partial charge in [0.2, 0.25) is 6.29 Å². The Balaban J connectivity index is 1.79. The summed E-state index contributed by atoms with van der Waals surface area (Å²) in [5.74, 6) is -1.17. The number of benzene rings is 1. The summed E-state index contributed by atoms with van der Waals surface area (Å²) in [6, 6.07) is 4.75. The summed E-state index contributed by atoms with van der Waals surface area (Å²) in [5.41, 5.74) is 0.582. The fourth-order valence-electron chi connectivity index (χ4n) is 4.05. The number of aromatic hydroxyl groups is 1. The molecule has 1 aromatic carbocycles. The Kier molecular flexibility index (Phi) is 13.5. The molecular formula is C28H40O8. The first-order valence-corrected chi connectivity index (χ1v) is 12.6. The Morgan fingerprint density at radius 3 is 2.39 bits per heavy atom. The zero-order chi connectivity index (χ0) is 26.3. The van der Waals surface area contributed by atoms with Crippen LogP contribution in [0.1, 0.15) is 67.3 Å². The number of hydrogen-bond donors (Lipinski definition) is 5. The van der Waals surface area contributed by atoms with Crippen LogP contribution in [-0.2, 0) is 15.9 Å². The maximum Gasteiger partial charge on any atom is 0.344 e. The van der Waals surface area contributed by atoms with Crippen molar-refractivity contribution < 1.29 is 39.8 Å². The van der Waals surface area contributed by atoms with E-state index in [1.807, 2.05) is 6.08 Å². The third kappa shape index (κ3) is 9.19. The molecule has 1 aromatic rings. The fourth-order valence-corrected chi connectivity index (χ4v) is 4.05. The van der Waals surface area contributed by atoms with Crippen molar-refractivity contribution in [2.45, 2.75) is 88.5 Å². The number of phenols is 1. The molecule has 0 spiro atoms. The van der Waals surface area contributed by atoms with Crippen LogP contribution in [0, 0.1) is 0 Å². The average molecular weight is 505 g/mol. The molecule has 0 bridgehead atoms. The highest BCUT2D eigenvalue weighted by molar-refractivity contribution is 5.94. The molecule has 0 radical (unpaired) electrons. The van der Waals surface area contributed by atoms with E-state index < -0.39 is 43.3 Å². The van der Waals surface area contributed by atoms with E-state index in [-0.39, 0.29) is 11.3 Å². The second-order valence-corrected chi connectivity index (χ2v) is 8.92. The third-order valence-corrected chi connectivity index (χ3v) is 6.13. The van der Waals surface area contributed by atoms with Crippen LogP contribution in [0.2, 0.25) is 0 Å². The lowest BCUT2D eigenvalue weighted by atomic mass is 9.98. The number of ether oxygens (including phenoxy) is 2. The molecule has 0 aliphatic carbocycles. The number of phenolic OH excluding ortho intramolecular Hbond substituents is 1. The van der Waals surface area contributed by atoms with Crippen LogP contribution in [0.5, 0.6) is 5.75 Å². The summed E-state index contributed by atoms with van der Waals surface area (Å²) < 4.78 is 10.5. The zero-order valence-electron chi connectivity index (χ0n) is 20.7. The molecule has 0 saturated carbocycles. The van der Waals surface area contributed by atoms with Gasteiger partial charge in [0.15, 0.2) is 0 Å². The number of unbranched alkanes of at least 4 members (excludes halogenated alkanes) is 5. The number of carbonyl (C=O) groups excluding carboxylic acids is 1. The first-order valence-electron chi connectivity index (χ1n) is 12.6. The number of rotatable bonds is 15. The predicted octanol–water partition coefficient (Wildman–Crippen LogP) is 3.31. The Morgan fingerprint density at radius 2 is 1.64 bits per heavy atom. The topological polar surface area (TPSA) is 137 Å². The minimum Gasteiger partial charge on any atom is -0.507 e. The molecule has 1 heterocycles. The molecular weight excluding hydrogens is 464 g/mol. The highest BCUT2D eigenvalue weighted by atomic mass is 16.7. The van der Waals surface area contributed by atoms with E-state index in [1.54, 1.807) is 12.1 Å². The highest BCUT2D eigenvalue weighted by Gasteiger charge is 2.45. The van der Waals surface area contributed by atoms with Crippen LogP contribution in [0.3, 0.4) is 0 Å². The number of allylic oxidation sites excluding steroid dienone is 5. The van der Waals surface area contributed by atoms with E-state index >= 15 is 0 Å². The van der Waals surface area contributed by atoms with Crippen LogP contribution >= 0.6 is 0 Å². The number of aliphatic hydroxyl groups is 4. The molecule has 0 amide bonds. The average Bonchev–Trinajstić information content (AvgIpc) is 2.87. The molecule has 200 valence electrons. The maximum absolute atomic E-state index is 12.8. The van der Waals surface area contributed by atoms with Gasteiger partial charge < -0.3 is 35.0 Å². The molecule has 1 aliphatic heterocycles. The first-order chi connectivity index (χ1) is 17.4. The van der Waals surface area contributed by atoms with E-state index in [9.17, 15) is 30.3 Å². The van der Waals surface area contributed by atoms with Crippen LogP contribution in [0.4, 0.5) is 0 Å². The van der Waals surface area contributed by atoms with E-state index in [0.29, 0.717) is 12.0 Å². The normalized spacial score (nSPS) is 24.4. The van der Waals surface area contributed by atoms with Crippen molar-refractivity contribution in [3.8, 4) is 5.75 Å². The Bertz CT molecular complexity index is 863. The van der Waals surface area contributed by atoms with Crippen LogP contribution in [0.25, 0.3) is 0 Å². The van der Waals surface area contributed by atoms with Crippen molar-refractivity contribution in [2.24, 2.45) is 0 Å². The summed E-state index contributed by atoms with van der Waals surface area (Å²) in [5, 5.41) is 49.5. The molecule has 1 aliphatic rings. The quantitative estimate of drug-likeness (QED) is 0.139. The number of aliphatic hydroxyl groups excluding tert-OH is 4. The summed E-state index contributed by atoms with van der Waals surface area (Å²) in [6.45, 7) is 3.05. The molecule has 1 saturated heterocycles. The molecule has 2 rings (SSSR count). The van der Waals surface area contributed by atoms with E-state index in [1.165, 1.54) is 6.07 Å². The lowest BCUT2D eigenvalue weighted by molar-refractivity contribution is -0.285. The number of aryl methyl sites for hydroxylation is 1. The summed E-state index contributed by atoms with van der Waals surface area (Å²) in [4.78, 5) is 12.8. The van der Waals surface area contributed by atoms with Gasteiger partial charge in [-0.05, 0) is 50.2 Å². The smallest absolute Gasteiger partial charge is 0.344 e. The van der Waals surface area contributed by atoms with Gasteiger partial charge in [-0.2, -0.15) is 0 Å². The van der Waals surface area contributed by atoms with E-state index in [4.69, 9.17) is 9.47 Å². The maximum atomic E-state index is 12.8. The lowest BCUT2D eigenvalue weighted by Gasteiger charge is -2.39. The molecule has 36 heavy (non-hydrogen) atoms. The Labute approximate surface area is 213 Å². The molecule has 1 fully saturated rings. The van der Waals surface area contributed by atoms with Gasteiger partial charge in [-0.25, -0.2) is 4.79 Å². The fraction of sp³-hybridized carbons (Fsp3) is 0.536. The minimum atomic E-state index is -1.70. The molecule has 5 atom stereocenters. The lowest BCUT2D eigenvalue weighted by Crippen LogP contribution is -2.59. The van der Waals surface area contributed by atoms with Crippen molar-refractivity contribution in [1.82, 2.24) is 0 Å². The molecule has 8 nitrogen and oxygen atoms in total. The van der Waals surface area contributed by atoms with Crippen molar-refractivity contribution in [2.75, 3.05) is 6.61 Å². The van der Waals surface area contributed by atoms with Gasteiger partial charge >= 0.3 is 5.97 Å². The molecule has 0 unspecified atom stereocenters. The van der Waals surface area contributed by atoms with Gasteiger partial charge in [-0.3, -0.25) is 0 Å². The second-order valence-electron chi connectivity index (χ2n) is 8.92. The van der Waals surface area contributed by atoms with Crippen molar-refractivity contribution in [3.05, 3.63) is 66.3 Å². The zero-order valence-corrected chi connectivity index (χ0v) is 20.7.